The Morgan fingerprint density at radius 1 is 1.55 bits per heavy atom. The van der Waals surface area contributed by atoms with Crippen molar-refractivity contribution < 1.29 is 9.47 Å². The summed E-state index contributed by atoms with van der Waals surface area (Å²) in [6.07, 6.45) is 0.342. The fourth-order valence-corrected chi connectivity index (χ4v) is 0.911. The van der Waals surface area contributed by atoms with Gasteiger partial charge in [0.05, 0.1) is 32.0 Å². The maximum Gasteiger partial charge on any atom is 0.0643 e. The average Bonchev–Trinajstić information content (AvgIpc) is 1.82. The van der Waals surface area contributed by atoms with Crippen molar-refractivity contribution in [3.8, 4) is 0 Å². The third-order valence-electron chi connectivity index (χ3n) is 1.62. The summed E-state index contributed by atoms with van der Waals surface area (Å²) in [5, 5.41) is 3.32. The summed E-state index contributed by atoms with van der Waals surface area (Å²) >= 11 is 0. The van der Waals surface area contributed by atoms with E-state index in [4.69, 9.17) is 9.47 Å². The van der Waals surface area contributed by atoms with Crippen LogP contribution in [0.25, 0.3) is 0 Å². The third kappa shape index (κ3) is 3.70. The molecule has 0 aliphatic carbocycles. The van der Waals surface area contributed by atoms with Gasteiger partial charge in [-0.2, -0.15) is 0 Å². The van der Waals surface area contributed by atoms with Gasteiger partial charge in [-0.15, -0.1) is 0 Å². The lowest BCUT2D eigenvalue weighted by molar-refractivity contribution is -0.0101. The molecular formula is C8H17NO2. The van der Waals surface area contributed by atoms with E-state index < -0.39 is 0 Å². The van der Waals surface area contributed by atoms with E-state index in [2.05, 4.69) is 5.32 Å². The third-order valence-corrected chi connectivity index (χ3v) is 1.62. The predicted octanol–water partition coefficient (Wildman–Crippen LogP) is 0.400. The van der Waals surface area contributed by atoms with Crippen LogP contribution in [0.4, 0.5) is 0 Å². The van der Waals surface area contributed by atoms with Gasteiger partial charge in [0, 0.05) is 6.54 Å². The Morgan fingerprint density at radius 2 is 2.27 bits per heavy atom. The van der Waals surface area contributed by atoms with Crippen molar-refractivity contribution >= 4 is 0 Å². The summed E-state index contributed by atoms with van der Waals surface area (Å²) in [6, 6.07) is 0.575. The number of hydrogen-bond donors (Lipinski definition) is 1. The van der Waals surface area contributed by atoms with Crippen LogP contribution in [-0.4, -0.2) is 38.5 Å². The van der Waals surface area contributed by atoms with Crippen LogP contribution in [-0.2, 0) is 9.47 Å². The van der Waals surface area contributed by atoms with Crippen molar-refractivity contribution in [2.45, 2.75) is 26.0 Å². The van der Waals surface area contributed by atoms with E-state index in [1.165, 1.54) is 0 Å². The molecule has 0 bridgehead atoms. The second-order valence-corrected chi connectivity index (χ2v) is 3.11. The molecule has 66 valence electrons. The summed E-state index contributed by atoms with van der Waals surface area (Å²) in [4.78, 5) is 0. The molecule has 0 aromatic carbocycles. The van der Waals surface area contributed by atoms with Crippen molar-refractivity contribution in [2.24, 2.45) is 0 Å². The Morgan fingerprint density at radius 3 is 2.73 bits per heavy atom. The molecule has 3 heteroatoms. The van der Waals surface area contributed by atoms with Crippen LogP contribution in [0.3, 0.4) is 0 Å². The minimum absolute atomic E-state index is 0.342. The van der Waals surface area contributed by atoms with Gasteiger partial charge in [-0.25, -0.2) is 0 Å². The fourth-order valence-electron chi connectivity index (χ4n) is 0.911. The highest BCUT2D eigenvalue weighted by Crippen LogP contribution is 1.98. The summed E-state index contributed by atoms with van der Waals surface area (Å²) in [6.45, 7) is 7.56. The molecule has 1 heterocycles. The SMILES string of the molecule is CC(C)OCCNC1COC1. The van der Waals surface area contributed by atoms with Gasteiger partial charge in [-0.1, -0.05) is 0 Å². The van der Waals surface area contributed by atoms with Crippen molar-refractivity contribution in [3.63, 3.8) is 0 Å². The van der Waals surface area contributed by atoms with Gasteiger partial charge in [-0.3, -0.25) is 0 Å². The molecule has 0 spiro atoms. The molecule has 0 atom stereocenters. The Hall–Kier alpha value is -0.120. The molecule has 1 N–H and O–H groups in total. The standard InChI is InChI=1S/C8H17NO2/c1-7(2)11-4-3-9-8-5-10-6-8/h7-9H,3-6H2,1-2H3. The van der Waals surface area contributed by atoms with Crippen LogP contribution in [0.15, 0.2) is 0 Å². The van der Waals surface area contributed by atoms with E-state index >= 15 is 0 Å². The normalized spacial score (nSPS) is 18.8. The van der Waals surface area contributed by atoms with E-state index in [9.17, 15) is 0 Å². The maximum atomic E-state index is 5.36. The zero-order valence-electron chi connectivity index (χ0n) is 7.30. The molecule has 0 unspecified atom stereocenters. The number of rotatable bonds is 5. The highest BCUT2D eigenvalue weighted by molar-refractivity contribution is 4.72. The molecule has 0 saturated carbocycles. The largest absolute Gasteiger partial charge is 0.378 e. The van der Waals surface area contributed by atoms with Crippen LogP contribution in [0.1, 0.15) is 13.8 Å². The Labute approximate surface area is 68.1 Å². The first-order valence-electron chi connectivity index (χ1n) is 4.22. The van der Waals surface area contributed by atoms with Crippen LogP contribution < -0.4 is 5.32 Å². The summed E-state index contributed by atoms with van der Waals surface area (Å²) in [7, 11) is 0. The van der Waals surface area contributed by atoms with Gasteiger partial charge < -0.3 is 14.8 Å². The first-order valence-corrected chi connectivity index (χ1v) is 4.22. The summed E-state index contributed by atoms with van der Waals surface area (Å²) in [5.74, 6) is 0. The molecule has 0 radical (unpaired) electrons. The Balaban J connectivity index is 1.80. The smallest absolute Gasteiger partial charge is 0.0643 e. The van der Waals surface area contributed by atoms with E-state index in [-0.39, 0.29) is 0 Å². The minimum atomic E-state index is 0.342. The van der Waals surface area contributed by atoms with E-state index in [1.807, 2.05) is 13.8 Å². The molecule has 11 heavy (non-hydrogen) atoms. The first kappa shape index (κ1) is 8.97. The van der Waals surface area contributed by atoms with Crippen molar-refractivity contribution in [2.75, 3.05) is 26.4 Å². The van der Waals surface area contributed by atoms with Gasteiger partial charge in [0.15, 0.2) is 0 Å². The molecule has 1 aliphatic heterocycles. The minimum Gasteiger partial charge on any atom is -0.378 e. The highest BCUT2D eigenvalue weighted by atomic mass is 16.5. The van der Waals surface area contributed by atoms with Crippen LogP contribution >= 0.6 is 0 Å². The molecule has 1 aliphatic rings. The molecular weight excluding hydrogens is 142 g/mol. The van der Waals surface area contributed by atoms with Gasteiger partial charge in [0.25, 0.3) is 0 Å². The lowest BCUT2D eigenvalue weighted by Crippen LogP contribution is -2.47. The van der Waals surface area contributed by atoms with Crippen molar-refractivity contribution in [1.82, 2.24) is 5.32 Å². The average molecular weight is 159 g/mol. The Kier molecular flexibility index (Phi) is 3.83. The molecule has 1 saturated heterocycles. The summed E-state index contributed by atoms with van der Waals surface area (Å²) < 4.78 is 10.4. The molecule has 0 aromatic rings. The van der Waals surface area contributed by atoms with Gasteiger partial charge >= 0.3 is 0 Å². The first-order chi connectivity index (χ1) is 5.29. The summed E-state index contributed by atoms with van der Waals surface area (Å²) in [5.41, 5.74) is 0. The van der Waals surface area contributed by atoms with Crippen molar-refractivity contribution in [1.29, 1.82) is 0 Å². The molecule has 0 amide bonds. The predicted molar refractivity (Wildman–Crippen MR) is 43.7 cm³/mol. The number of nitrogens with one attached hydrogen (secondary N) is 1. The number of ether oxygens (including phenoxy) is 2. The fraction of sp³-hybridized carbons (Fsp3) is 1.00. The molecule has 3 nitrogen and oxygen atoms in total. The Bertz CT molecular complexity index is 102. The van der Waals surface area contributed by atoms with Crippen molar-refractivity contribution in [3.05, 3.63) is 0 Å². The van der Waals surface area contributed by atoms with Gasteiger partial charge in [-0.05, 0) is 13.8 Å². The lowest BCUT2D eigenvalue weighted by atomic mass is 10.2. The van der Waals surface area contributed by atoms with Crippen LogP contribution in [0, 0.1) is 0 Å². The zero-order chi connectivity index (χ0) is 8.10. The van der Waals surface area contributed by atoms with E-state index in [1.54, 1.807) is 0 Å². The molecule has 0 aromatic heterocycles. The number of hydrogen-bond acceptors (Lipinski definition) is 3. The molecule has 1 rings (SSSR count). The second-order valence-electron chi connectivity index (χ2n) is 3.11. The van der Waals surface area contributed by atoms with E-state index in [0.29, 0.717) is 12.1 Å². The highest BCUT2D eigenvalue weighted by Gasteiger charge is 2.16. The van der Waals surface area contributed by atoms with Crippen LogP contribution in [0.5, 0.6) is 0 Å². The topological polar surface area (TPSA) is 30.5 Å². The zero-order valence-corrected chi connectivity index (χ0v) is 7.30. The maximum absolute atomic E-state index is 5.36. The van der Waals surface area contributed by atoms with E-state index in [0.717, 1.165) is 26.4 Å². The van der Waals surface area contributed by atoms with Gasteiger partial charge in [0.2, 0.25) is 0 Å². The second kappa shape index (κ2) is 4.70. The molecule has 1 fully saturated rings. The quantitative estimate of drug-likeness (QED) is 0.589. The monoisotopic (exact) mass is 159 g/mol. The van der Waals surface area contributed by atoms with Gasteiger partial charge in [0.1, 0.15) is 0 Å². The van der Waals surface area contributed by atoms with Crippen LogP contribution in [0.2, 0.25) is 0 Å². The lowest BCUT2D eigenvalue weighted by Gasteiger charge is -2.27.